The van der Waals surface area contributed by atoms with Crippen molar-refractivity contribution < 1.29 is 9.53 Å². The van der Waals surface area contributed by atoms with Crippen molar-refractivity contribution >= 4 is 5.91 Å². The van der Waals surface area contributed by atoms with Crippen LogP contribution in [0.1, 0.15) is 30.7 Å². The van der Waals surface area contributed by atoms with Gasteiger partial charge < -0.3 is 10.1 Å². The first kappa shape index (κ1) is 14.6. The Balaban J connectivity index is 1.57. The molecule has 1 saturated carbocycles. The van der Waals surface area contributed by atoms with E-state index in [1.807, 2.05) is 19.9 Å². The smallest absolute Gasteiger partial charge is 0.242 e. The van der Waals surface area contributed by atoms with E-state index in [9.17, 15) is 4.79 Å². The second kappa shape index (κ2) is 6.21. The van der Waals surface area contributed by atoms with Crippen LogP contribution in [0.2, 0.25) is 0 Å². The molecule has 3 rings (SSSR count). The van der Waals surface area contributed by atoms with Crippen LogP contribution in [-0.4, -0.2) is 38.0 Å². The van der Waals surface area contributed by atoms with E-state index < -0.39 is 0 Å². The van der Waals surface area contributed by atoms with Gasteiger partial charge in [-0.1, -0.05) is 0 Å². The fourth-order valence-corrected chi connectivity index (χ4v) is 2.93. The molecule has 2 heterocycles. The molecule has 22 heavy (non-hydrogen) atoms. The maximum absolute atomic E-state index is 12.2. The van der Waals surface area contributed by atoms with Gasteiger partial charge in [-0.3, -0.25) is 14.6 Å². The number of amides is 1. The molecule has 1 aliphatic rings. The fraction of sp³-hybridized carbons (Fsp3) is 0.533. The van der Waals surface area contributed by atoms with Crippen LogP contribution in [0.15, 0.2) is 18.5 Å². The van der Waals surface area contributed by atoms with Gasteiger partial charge in [0.15, 0.2) is 5.75 Å². The SMILES string of the molecule is Cc1cc(C)n(CC(=O)N[C@H]2CCC[C@H]2Oc2cn[nH]c2)n1. The molecule has 1 fully saturated rings. The predicted molar refractivity (Wildman–Crippen MR) is 80.5 cm³/mol. The zero-order valence-corrected chi connectivity index (χ0v) is 12.9. The number of aromatic amines is 1. The number of ether oxygens (including phenoxy) is 1. The quantitative estimate of drug-likeness (QED) is 0.873. The molecule has 7 nitrogen and oxygen atoms in total. The van der Waals surface area contributed by atoms with E-state index in [1.54, 1.807) is 17.1 Å². The Hall–Kier alpha value is -2.31. The zero-order valence-electron chi connectivity index (χ0n) is 12.9. The Morgan fingerprint density at radius 2 is 2.36 bits per heavy atom. The molecule has 2 aromatic rings. The average molecular weight is 303 g/mol. The highest BCUT2D eigenvalue weighted by Crippen LogP contribution is 2.24. The van der Waals surface area contributed by atoms with Crippen molar-refractivity contribution in [1.82, 2.24) is 25.3 Å². The lowest BCUT2D eigenvalue weighted by Crippen LogP contribution is -2.43. The summed E-state index contributed by atoms with van der Waals surface area (Å²) in [5.41, 5.74) is 1.91. The average Bonchev–Trinajstić information content (AvgIpc) is 3.16. The molecule has 0 radical (unpaired) electrons. The number of nitrogens with zero attached hydrogens (tertiary/aromatic N) is 3. The lowest BCUT2D eigenvalue weighted by molar-refractivity contribution is -0.123. The van der Waals surface area contributed by atoms with Crippen LogP contribution in [0, 0.1) is 13.8 Å². The third-order valence-corrected chi connectivity index (χ3v) is 3.96. The van der Waals surface area contributed by atoms with Crippen LogP contribution >= 0.6 is 0 Å². The minimum Gasteiger partial charge on any atom is -0.485 e. The number of aryl methyl sites for hydroxylation is 2. The fourth-order valence-electron chi connectivity index (χ4n) is 2.93. The summed E-state index contributed by atoms with van der Waals surface area (Å²) in [5.74, 6) is 0.684. The summed E-state index contributed by atoms with van der Waals surface area (Å²) in [6, 6.07) is 2.01. The molecule has 0 bridgehead atoms. The van der Waals surface area contributed by atoms with Gasteiger partial charge in [0.1, 0.15) is 12.6 Å². The Labute approximate surface area is 129 Å². The molecule has 0 saturated heterocycles. The van der Waals surface area contributed by atoms with Crippen LogP contribution in [-0.2, 0) is 11.3 Å². The maximum Gasteiger partial charge on any atom is 0.242 e. The van der Waals surface area contributed by atoms with Gasteiger partial charge in [0.05, 0.1) is 24.1 Å². The Bertz CT molecular complexity index is 634. The molecular formula is C15H21N5O2. The maximum atomic E-state index is 12.2. The minimum absolute atomic E-state index is 0.00186. The van der Waals surface area contributed by atoms with Crippen LogP contribution in [0.4, 0.5) is 0 Å². The number of nitrogens with one attached hydrogen (secondary N) is 2. The van der Waals surface area contributed by atoms with Gasteiger partial charge >= 0.3 is 0 Å². The lowest BCUT2D eigenvalue weighted by atomic mass is 10.2. The number of rotatable bonds is 5. The van der Waals surface area contributed by atoms with Gasteiger partial charge in [0.25, 0.3) is 0 Å². The largest absolute Gasteiger partial charge is 0.485 e. The number of H-pyrrole nitrogens is 1. The van der Waals surface area contributed by atoms with Crippen LogP contribution < -0.4 is 10.1 Å². The Morgan fingerprint density at radius 1 is 1.50 bits per heavy atom. The summed E-state index contributed by atoms with van der Waals surface area (Å²) in [6.07, 6.45) is 6.29. The highest BCUT2D eigenvalue weighted by atomic mass is 16.5. The summed E-state index contributed by atoms with van der Waals surface area (Å²) in [5, 5.41) is 14.0. The first-order valence-corrected chi connectivity index (χ1v) is 7.57. The molecule has 2 aromatic heterocycles. The molecule has 0 aliphatic heterocycles. The topological polar surface area (TPSA) is 84.8 Å². The van der Waals surface area contributed by atoms with Crippen molar-refractivity contribution in [3.8, 4) is 5.75 Å². The second-order valence-electron chi connectivity index (χ2n) is 5.78. The van der Waals surface area contributed by atoms with E-state index in [0.29, 0.717) is 5.75 Å². The van der Waals surface area contributed by atoms with Crippen molar-refractivity contribution in [3.63, 3.8) is 0 Å². The Kier molecular flexibility index (Phi) is 4.13. The highest BCUT2D eigenvalue weighted by Gasteiger charge is 2.30. The summed E-state index contributed by atoms with van der Waals surface area (Å²) in [4.78, 5) is 12.2. The standard InChI is InChI=1S/C15H21N5O2/c1-10-6-11(2)20(19-10)9-15(21)18-13-4-3-5-14(13)22-12-7-16-17-8-12/h6-8,13-14H,3-5,9H2,1-2H3,(H,16,17)(H,18,21)/t13-,14+/m0/s1. The molecule has 0 aromatic carbocycles. The summed E-state index contributed by atoms with van der Waals surface area (Å²) in [7, 11) is 0. The van der Waals surface area contributed by atoms with E-state index in [1.165, 1.54) is 0 Å². The number of aromatic nitrogens is 4. The monoisotopic (exact) mass is 303 g/mol. The predicted octanol–water partition coefficient (Wildman–Crippen LogP) is 1.34. The molecule has 1 aliphatic carbocycles. The van der Waals surface area contributed by atoms with E-state index in [0.717, 1.165) is 30.7 Å². The molecule has 118 valence electrons. The molecular weight excluding hydrogens is 282 g/mol. The van der Waals surface area contributed by atoms with Gasteiger partial charge in [-0.05, 0) is 39.2 Å². The summed E-state index contributed by atoms with van der Waals surface area (Å²) in [6.45, 7) is 4.12. The third-order valence-electron chi connectivity index (χ3n) is 3.96. The highest BCUT2D eigenvalue weighted by molar-refractivity contribution is 5.76. The van der Waals surface area contributed by atoms with Gasteiger partial charge in [-0.15, -0.1) is 0 Å². The van der Waals surface area contributed by atoms with Gasteiger partial charge in [-0.2, -0.15) is 10.2 Å². The van der Waals surface area contributed by atoms with E-state index in [2.05, 4.69) is 20.6 Å². The van der Waals surface area contributed by atoms with Crippen LogP contribution in [0.5, 0.6) is 5.75 Å². The van der Waals surface area contributed by atoms with E-state index in [-0.39, 0.29) is 24.6 Å². The molecule has 0 unspecified atom stereocenters. The van der Waals surface area contributed by atoms with E-state index in [4.69, 9.17) is 4.74 Å². The van der Waals surface area contributed by atoms with Crippen molar-refractivity contribution in [3.05, 3.63) is 29.8 Å². The van der Waals surface area contributed by atoms with Crippen molar-refractivity contribution in [1.29, 1.82) is 0 Å². The summed E-state index contributed by atoms with van der Waals surface area (Å²) >= 11 is 0. The molecule has 2 atom stereocenters. The van der Waals surface area contributed by atoms with Crippen molar-refractivity contribution in [2.24, 2.45) is 0 Å². The molecule has 7 heteroatoms. The normalized spacial score (nSPS) is 21.0. The van der Waals surface area contributed by atoms with Gasteiger partial charge in [0, 0.05) is 5.69 Å². The number of carbonyl (C=O) groups is 1. The Morgan fingerprint density at radius 3 is 3.05 bits per heavy atom. The van der Waals surface area contributed by atoms with Gasteiger partial charge in [-0.25, -0.2) is 0 Å². The molecule has 0 spiro atoms. The van der Waals surface area contributed by atoms with E-state index >= 15 is 0 Å². The number of carbonyl (C=O) groups excluding carboxylic acids is 1. The third kappa shape index (κ3) is 3.29. The second-order valence-corrected chi connectivity index (χ2v) is 5.78. The lowest BCUT2D eigenvalue weighted by Gasteiger charge is -2.21. The first-order chi connectivity index (χ1) is 10.6. The summed E-state index contributed by atoms with van der Waals surface area (Å²) < 4.78 is 7.60. The number of hydrogen-bond donors (Lipinski definition) is 2. The number of hydrogen-bond acceptors (Lipinski definition) is 4. The molecule has 1 amide bonds. The zero-order chi connectivity index (χ0) is 15.5. The van der Waals surface area contributed by atoms with Crippen LogP contribution in [0.3, 0.4) is 0 Å². The van der Waals surface area contributed by atoms with Gasteiger partial charge in [0.2, 0.25) is 5.91 Å². The molecule has 2 N–H and O–H groups in total. The first-order valence-electron chi connectivity index (χ1n) is 7.57. The minimum atomic E-state index is -0.0288. The van der Waals surface area contributed by atoms with Crippen LogP contribution in [0.25, 0.3) is 0 Å². The van der Waals surface area contributed by atoms with Crippen molar-refractivity contribution in [2.75, 3.05) is 0 Å². The van der Waals surface area contributed by atoms with Crippen molar-refractivity contribution in [2.45, 2.75) is 51.8 Å².